The van der Waals surface area contributed by atoms with Gasteiger partial charge in [0.1, 0.15) is 5.75 Å². The lowest BCUT2D eigenvalue weighted by atomic mass is 10.3. The van der Waals surface area contributed by atoms with Crippen molar-refractivity contribution >= 4 is 17.6 Å². The number of nitro benzene ring substituents is 1. The van der Waals surface area contributed by atoms with Crippen LogP contribution in [-0.4, -0.2) is 30.0 Å². The highest BCUT2D eigenvalue weighted by Crippen LogP contribution is 2.20. The van der Waals surface area contributed by atoms with Gasteiger partial charge in [0.15, 0.2) is 6.10 Å². The largest absolute Gasteiger partial charge is 0.481 e. The summed E-state index contributed by atoms with van der Waals surface area (Å²) in [6.07, 6.45) is -0.959. The standard InChI is InChI=1S/C11H13N3O5/c1-7(10(15)13-11(16)12-2)19-9-5-3-4-8(6-9)14(17)18/h3-7H,1-2H3,(H2,12,13,15,16)/t7-/m1/s1. The van der Waals surface area contributed by atoms with Crippen molar-refractivity contribution in [2.24, 2.45) is 0 Å². The van der Waals surface area contributed by atoms with Gasteiger partial charge < -0.3 is 10.1 Å². The zero-order chi connectivity index (χ0) is 14.4. The Hall–Kier alpha value is -2.64. The Morgan fingerprint density at radius 3 is 2.68 bits per heavy atom. The summed E-state index contributed by atoms with van der Waals surface area (Å²) in [4.78, 5) is 32.4. The van der Waals surface area contributed by atoms with E-state index in [1.807, 2.05) is 5.32 Å². The first-order valence-corrected chi connectivity index (χ1v) is 5.37. The minimum Gasteiger partial charge on any atom is -0.481 e. The van der Waals surface area contributed by atoms with Crippen LogP contribution in [0.4, 0.5) is 10.5 Å². The maximum atomic E-state index is 11.5. The van der Waals surface area contributed by atoms with Gasteiger partial charge in [-0.15, -0.1) is 0 Å². The summed E-state index contributed by atoms with van der Waals surface area (Å²) in [5.41, 5.74) is -0.142. The molecule has 0 heterocycles. The van der Waals surface area contributed by atoms with E-state index in [9.17, 15) is 19.7 Å². The van der Waals surface area contributed by atoms with Crippen LogP contribution in [-0.2, 0) is 4.79 Å². The Balaban J connectivity index is 2.68. The zero-order valence-electron chi connectivity index (χ0n) is 10.4. The molecular weight excluding hydrogens is 254 g/mol. The average molecular weight is 267 g/mol. The maximum Gasteiger partial charge on any atom is 0.321 e. The molecule has 0 aromatic heterocycles. The molecule has 0 radical (unpaired) electrons. The number of benzene rings is 1. The van der Waals surface area contributed by atoms with E-state index in [4.69, 9.17) is 4.74 Å². The predicted octanol–water partition coefficient (Wildman–Crippen LogP) is 0.818. The Morgan fingerprint density at radius 1 is 1.42 bits per heavy atom. The van der Waals surface area contributed by atoms with Gasteiger partial charge in [-0.2, -0.15) is 0 Å². The molecule has 0 bridgehead atoms. The van der Waals surface area contributed by atoms with Crippen LogP contribution in [0, 0.1) is 10.1 Å². The fourth-order valence-electron chi connectivity index (χ4n) is 1.20. The van der Waals surface area contributed by atoms with E-state index in [0.29, 0.717) is 0 Å². The maximum absolute atomic E-state index is 11.5. The molecule has 0 spiro atoms. The van der Waals surface area contributed by atoms with Gasteiger partial charge in [0.25, 0.3) is 11.6 Å². The van der Waals surface area contributed by atoms with E-state index < -0.39 is 23.0 Å². The highest BCUT2D eigenvalue weighted by Gasteiger charge is 2.17. The second kappa shape index (κ2) is 6.34. The van der Waals surface area contributed by atoms with Gasteiger partial charge in [-0.05, 0) is 13.0 Å². The molecule has 0 aliphatic rings. The summed E-state index contributed by atoms with van der Waals surface area (Å²) in [5, 5.41) is 14.8. The zero-order valence-corrected chi connectivity index (χ0v) is 10.4. The third-order valence-electron chi connectivity index (χ3n) is 2.17. The molecule has 1 atom stereocenters. The molecule has 102 valence electrons. The highest BCUT2D eigenvalue weighted by atomic mass is 16.6. The lowest BCUT2D eigenvalue weighted by Gasteiger charge is -2.13. The molecule has 2 N–H and O–H groups in total. The second-order valence-corrected chi connectivity index (χ2v) is 3.58. The van der Waals surface area contributed by atoms with Crippen LogP contribution in [0.2, 0.25) is 0 Å². The number of ether oxygens (including phenoxy) is 1. The normalized spacial score (nSPS) is 11.3. The summed E-state index contributed by atoms with van der Waals surface area (Å²) in [5.74, 6) is -0.473. The smallest absolute Gasteiger partial charge is 0.321 e. The van der Waals surface area contributed by atoms with E-state index in [1.165, 1.54) is 38.2 Å². The molecule has 1 aromatic rings. The number of non-ortho nitro benzene ring substituents is 1. The van der Waals surface area contributed by atoms with E-state index in [1.54, 1.807) is 0 Å². The van der Waals surface area contributed by atoms with Crippen LogP contribution < -0.4 is 15.4 Å². The Bertz CT molecular complexity index is 503. The van der Waals surface area contributed by atoms with Crippen LogP contribution in [0.3, 0.4) is 0 Å². The first kappa shape index (κ1) is 14.4. The summed E-state index contributed by atoms with van der Waals surface area (Å²) in [6, 6.07) is 4.78. The molecule has 8 heteroatoms. The van der Waals surface area contributed by atoms with Crippen molar-refractivity contribution in [3.8, 4) is 5.75 Å². The van der Waals surface area contributed by atoms with Gasteiger partial charge in [-0.25, -0.2) is 4.79 Å². The number of amides is 3. The van der Waals surface area contributed by atoms with Crippen LogP contribution in [0.1, 0.15) is 6.92 Å². The first-order chi connectivity index (χ1) is 8.93. The van der Waals surface area contributed by atoms with Gasteiger partial charge in [0.05, 0.1) is 11.0 Å². The summed E-state index contributed by atoms with van der Waals surface area (Å²) >= 11 is 0. The van der Waals surface area contributed by atoms with Crippen molar-refractivity contribution in [3.63, 3.8) is 0 Å². The SMILES string of the molecule is CNC(=O)NC(=O)[C@@H](C)Oc1cccc([N+](=O)[O-])c1. The van der Waals surface area contributed by atoms with Crippen molar-refractivity contribution in [1.82, 2.24) is 10.6 Å². The molecule has 1 rings (SSSR count). The van der Waals surface area contributed by atoms with Crippen molar-refractivity contribution < 1.29 is 19.2 Å². The fraction of sp³-hybridized carbons (Fsp3) is 0.273. The number of imide groups is 1. The number of carbonyl (C=O) groups is 2. The van der Waals surface area contributed by atoms with Gasteiger partial charge in [0.2, 0.25) is 0 Å². The second-order valence-electron chi connectivity index (χ2n) is 3.58. The number of nitrogens with one attached hydrogen (secondary N) is 2. The van der Waals surface area contributed by atoms with Crippen molar-refractivity contribution in [2.45, 2.75) is 13.0 Å². The number of hydrogen-bond acceptors (Lipinski definition) is 5. The lowest BCUT2D eigenvalue weighted by Crippen LogP contribution is -2.43. The average Bonchev–Trinajstić information content (AvgIpc) is 2.38. The molecule has 0 unspecified atom stereocenters. The first-order valence-electron chi connectivity index (χ1n) is 5.37. The fourth-order valence-corrected chi connectivity index (χ4v) is 1.20. The third-order valence-corrected chi connectivity index (χ3v) is 2.17. The number of nitrogens with zero attached hydrogens (tertiary/aromatic N) is 1. The Labute approximate surface area is 108 Å². The molecule has 8 nitrogen and oxygen atoms in total. The van der Waals surface area contributed by atoms with E-state index in [2.05, 4.69) is 5.32 Å². The molecule has 3 amide bonds. The van der Waals surface area contributed by atoms with Crippen molar-refractivity contribution in [1.29, 1.82) is 0 Å². The Kier molecular flexibility index (Phi) is 4.81. The highest BCUT2D eigenvalue weighted by molar-refractivity contribution is 5.96. The summed E-state index contributed by atoms with van der Waals surface area (Å²) in [6.45, 7) is 1.43. The Morgan fingerprint density at radius 2 is 2.11 bits per heavy atom. The minimum absolute atomic E-state index is 0.142. The van der Waals surface area contributed by atoms with Crippen LogP contribution in [0.15, 0.2) is 24.3 Å². The van der Waals surface area contributed by atoms with E-state index >= 15 is 0 Å². The number of hydrogen-bond donors (Lipinski definition) is 2. The quantitative estimate of drug-likeness (QED) is 0.619. The number of nitro groups is 1. The summed E-state index contributed by atoms with van der Waals surface area (Å²) in [7, 11) is 1.37. The van der Waals surface area contributed by atoms with Crippen molar-refractivity contribution in [3.05, 3.63) is 34.4 Å². The van der Waals surface area contributed by atoms with Gasteiger partial charge >= 0.3 is 6.03 Å². The summed E-state index contributed by atoms with van der Waals surface area (Å²) < 4.78 is 5.22. The van der Waals surface area contributed by atoms with E-state index in [0.717, 1.165) is 0 Å². The van der Waals surface area contributed by atoms with Gasteiger partial charge in [-0.3, -0.25) is 20.2 Å². The van der Waals surface area contributed by atoms with Gasteiger partial charge in [0, 0.05) is 13.1 Å². The third kappa shape index (κ3) is 4.26. The van der Waals surface area contributed by atoms with Gasteiger partial charge in [-0.1, -0.05) is 6.07 Å². The van der Waals surface area contributed by atoms with Crippen molar-refractivity contribution in [2.75, 3.05) is 7.05 Å². The molecule has 0 aliphatic heterocycles. The monoisotopic (exact) mass is 267 g/mol. The van der Waals surface area contributed by atoms with E-state index in [-0.39, 0.29) is 11.4 Å². The molecule has 19 heavy (non-hydrogen) atoms. The lowest BCUT2D eigenvalue weighted by molar-refractivity contribution is -0.384. The molecule has 0 saturated heterocycles. The number of urea groups is 1. The molecule has 0 aliphatic carbocycles. The topological polar surface area (TPSA) is 111 Å². The number of rotatable bonds is 4. The van der Waals surface area contributed by atoms with Crippen LogP contribution in [0.5, 0.6) is 5.75 Å². The molecule has 1 aromatic carbocycles. The van der Waals surface area contributed by atoms with Crippen LogP contribution in [0.25, 0.3) is 0 Å². The molecule has 0 saturated carbocycles. The minimum atomic E-state index is -0.959. The van der Waals surface area contributed by atoms with Crippen LogP contribution >= 0.6 is 0 Å². The predicted molar refractivity (Wildman–Crippen MR) is 65.8 cm³/mol. The molecule has 0 fully saturated rings. The number of carbonyl (C=O) groups excluding carboxylic acids is 2. The molecular formula is C11H13N3O5.